The Hall–Kier alpha value is -12.8. The molecule has 0 saturated heterocycles. The normalized spacial score (nSPS) is 13.2. The van der Waals surface area contributed by atoms with Gasteiger partial charge in [-0.3, -0.25) is 9.59 Å². The molecule has 10 aromatic heterocycles. The number of thiophene rings is 4. The summed E-state index contributed by atoms with van der Waals surface area (Å²) in [7, 11) is 0. The highest BCUT2D eigenvalue weighted by Crippen LogP contribution is 2.50. The van der Waals surface area contributed by atoms with Crippen molar-refractivity contribution < 1.29 is 19.1 Å². The van der Waals surface area contributed by atoms with E-state index in [0.29, 0.717) is 0 Å². The van der Waals surface area contributed by atoms with Crippen LogP contribution in [0.3, 0.4) is 0 Å². The Morgan fingerprint density at radius 1 is 0.201 bits per heavy atom. The smallest absolute Gasteiger partial charge is 0.317 e. The third-order valence-corrected chi connectivity index (χ3v) is 33.6. The van der Waals surface area contributed by atoms with Gasteiger partial charge in [-0.05, 0) is 306 Å². The molecule has 0 radical (unpaired) electrons. The number of hydrogen-bond acceptors (Lipinski definition) is 8. The molecule has 0 aliphatic carbocycles. The Morgan fingerprint density at radius 2 is 0.374 bits per heavy atom. The fourth-order valence-electron chi connectivity index (χ4n) is 20.8. The summed E-state index contributed by atoms with van der Waals surface area (Å²) in [5.41, 5.74) is 28.5. The van der Waals surface area contributed by atoms with Crippen molar-refractivity contribution in [3.63, 3.8) is 0 Å². The summed E-state index contributed by atoms with van der Waals surface area (Å²) in [5.74, 6) is -1.27. The van der Waals surface area contributed by atoms with Gasteiger partial charge in [0.2, 0.25) is 0 Å². The van der Waals surface area contributed by atoms with Gasteiger partial charge < -0.3 is 36.9 Å². The van der Waals surface area contributed by atoms with Crippen molar-refractivity contribution in [1.29, 1.82) is 0 Å². The van der Waals surface area contributed by atoms with Crippen LogP contribution in [-0.4, -0.2) is 39.3 Å². The zero-order chi connectivity index (χ0) is 97.5. The molecule has 0 bridgehead atoms. The minimum absolute atomic E-state index is 0.0309. The average molecular weight is 1900 g/mol. The summed E-state index contributed by atoms with van der Waals surface area (Å²) in [6.07, 6.45) is -0.503. The molecule has 0 aliphatic heterocycles. The lowest BCUT2D eigenvalue weighted by Gasteiger charge is -2.19. The Kier molecular flexibility index (Phi) is 21.3. The van der Waals surface area contributed by atoms with Crippen LogP contribution >= 0.6 is 45.3 Å². The van der Waals surface area contributed by atoms with Crippen LogP contribution in [0.1, 0.15) is 227 Å². The Balaban J connectivity index is 0.538. The molecular weight excluding hydrogens is 1780 g/mol. The van der Waals surface area contributed by atoms with Crippen LogP contribution in [0.5, 0.6) is 0 Å². The van der Waals surface area contributed by atoms with Gasteiger partial charge >= 0.3 is 11.9 Å². The third-order valence-electron chi connectivity index (χ3n) is 29.0. The zero-order valence-corrected chi connectivity index (χ0v) is 87.7. The second-order valence-corrected chi connectivity index (χ2v) is 51.4. The van der Waals surface area contributed by atoms with E-state index in [9.17, 15) is 9.59 Å². The van der Waals surface area contributed by atoms with Crippen molar-refractivity contribution >= 4 is 188 Å². The van der Waals surface area contributed by atoms with E-state index in [4.69, 9.17) is 9.47 Å². The predicted octanol–water partition coefficient (Wildman–Crippen LogP) is 35.4. The number of fused-ring (bicyclic) bond motifs is 18. The molecule has 10 heterocycles. The maximum atomic E-state index is 13.7. The van der Waals surface area contributed by atoms with Crippen molar-refractivity contribution in [2.45, 2.75) is 229 Å². The van der Waals surface area contributed by atoms with Crippen molar-refractivity contribution in [3.8, 4) is 52.3 Å². The summed E-state index contributed by atoms with van der Waals surface area (Å²) >= 11 is 6.67. The molecule has 0 aliphatic rings. The van der Waals surface area contributed by atoms with E-state index in [-0.39, 0.29) is 56.5 Å². The first-order valence-corrected chi connectivity index (χ1v) is 52.2. The van der Waals surface area contributed by atoms with E-state index in [0.717, 1.165) is 106 Å². The van der Waals surface area contributed by atoms with Gasteiger partial charge in [-0.15, -0.1) is 45.3 Å². The molecule has 22 rings (SSSR count). The van der Waals surface area contributed by atoms with Crippen LogP contribution in [-0.2, 0) is 75.6 Å². The SMILES string of the molecule is CC(C)(C)c1ccc2c(c1)c1cc(C(C)(C)C)ccc1n2-c1ccc2c(c1)c1cc(-n3c4ccc(C(C)(C)C)cc4c4cc(C(C)(C)C)ccc43)ccc1n2-c1ccc(-c2ccc(COC(=O)CC(=O)OCc3ccc(-c4ccc(-n5c6ccc(-n7c8ccc(C(C)(C)C)cc8c8cc(C(C)(C)C)ccc87)cc6c6cc(-n7c8ccc(C(C)(C)C)cc8c8cc(C(C)(C)C)ccc87)ccc65)s4)s3)s2)s1. The van der Waals surface area contributed by atoms with Crippen molar-refractivity contribution in [3.05, 3.63) is 321 Å². The number of carbonyl (C=O) groups excluding carboxylic acids is 2. The van der Waals surface area contributed by atoms with Gasteiger partial charge in [0.25, 0.3) is 0 Å². The standard InChI is InChI=1S/C125H122N6O4S4/c1-118(2,3)72-25-39-98-86(57-72)87-58-73(119(4,5)6)26-40-99(87)126(98)80-33-47-106-94(65-80)95-66-81(127-100-41-27-74(120(7,8)9)59-88(100)89-60-75(121(10,11)12)28-42-101(89)127)34-48-107(95)130(106)114-55-53-112(138-114)110-51-37-84(136-110)70-134-116(132)69-117(133)135-71-85-38-52-111(137-85)113-54-56-115(139-113)131-108-49-35-82(128-102-43-29-76(122(13,14)15)61-90(102)91-62-77(123(16,17)18)30-44-103(91)128)67-96(108)97-68-83(36-50-109(97)131)129-104-45-31-78(124(19,20)21)63-92(104)93-64-79(125(22,23)24)32-46-105(93)129/h25-68H,69-71H2,1-24H3. The van der Waals surface area contributed by atoms with Crippen molar-refractivity contribution in [2.24, 2.45) is 0 Å². The maximum Gasteiger partial charge on any atom is 0.317 e. The minimum atomic E-state index is -0.635. The van der Waals surface area contributed by atoms with E-state index in [1.807, 2.05) is 12.1 Å². The van der Waals surface area contributed by atoms with Gasteiger partial charge in [0.1, 0.15) is 29.6 Å². The summed E-state index contributed by atoms with van der Waals surface area (Å²) in [6.45, 7) is 55.3. The first kappa shape index (κ1) is 91.3. The molecule has 22 aromatic rings. The van der Waals surface area contributed by atoms with Crippen LogP contribution in [0.4, 0.5) is 0 Å². The highest BCUT2D eigenvalue weighted by molar-refractivity contribution is 7.24. The van der Waals surface area contributed by atoms with E-state index >= 15 is 0 Å². The van der Waals surface area contributed by atoms with Crippen LogP contribution < -0.4 is 0 Å². The summed E-state index contributed by atoms with van der Waals surface area (Å²) in [5, 5.41) is 16.8. The lowest BCUT2D eigenvalue weighted by atomic mass is 9.85. The largest absolute Gasteiger partial charge is 0.460 e. The van der Waals surface area contributed by atoms with Gasteiger partial charge in [0, 0.05) is 117 Å². The Morgan fingerprint density at radius 3 is 0.576 bits per heavy atom. The number of nitrogens with zero attached hydrogens (tertiary/aromatic N) is 6. The topological polar surface area (TPSA) is 82.2 Å². The lowest BCUT2D eigenvalue weighted by molar-refractivity contribution is -0.155. The Labute approximate surface area is 830 Å². The quantitative estimate of drug-likeness (QED) is 0.0802. The minimum Gasteiger partial charge on any atom is -0.460 e. The van der Waals surface area contributed by atoms with Crippen LogP contribution in [0.2, 0.25) is 0 Å². The molecule has 0 unspecified atom stereocenters. The fraction of sp³-hybridized carbons (Fsp3) is 0.280. The van der Waals surface area contributed by atoms with Gasteiger partial charge in [-0.1, -0.05) is 215 Å². The molecule has 12 aromatic carbocycles. The number of benzene rings is 12. The molecule has 14 heteroatoms. The van der Waals surface area contributed by atoms with Crippen LogP contribution in [0, 0.1) is 0 Å². The lowest BCUT2D eigenvalue weighted by Crippen LogP contribution is -2.13. The second kappa shape index (κ2) is 32.4. The van der Waals surface area contributed by atoms with Crippen molar-refractivity contribution in [1.82, 2.24) is 27.4 Å². The molecule has 139 heavy (non-hydrogen) atoms. The molecule has 700 valence electrons. The predicted molar refractivity (Wildman–Crippen MR) is 595 cm³/mol. The molecule has 10 nitrogen and oxygen atoms in total. The summed E-state index contributed by atoms with van der Waals surface area (Å²) in [6, 6.07) is 102. The van der Waals surface area contributed by atoms with Gasteiger partial charge in [0.15, 0.2) is 0 Å². The monoisotopic (exact) mass is 1900 g/mol. The van der Waals surface area contributed by atoms with Crippen molar-refractivity contribution in [2.75, 3.05) is 0 Å². The first-order chi connectivity index (χ1) is 65.7. The van der Waals surface area contributed by atoms with E-state index in [2.05, 4.69) is 448 Å². The summed E-state index contributed by atoms with van der Waals surface area (Å²) < 4.78 is 26.5. The first-order valence-electron chi connectivity index (χ1n) is 49.0. The molecule has 0 spiro atoms. The number of hydrogen-bond donors (Lipinski definition) is 0. The number of aromatic nitrogens is 6. The molecule has 0 saturated carbocycles. The van der Waals surface area contributed by atoms with Crippen LogP contribution in [0.15, 0.2) is 267 Å². The van der Waals surface area contributed by atoms with Gasteiger partial charge in [-0.25, -0.2) is 0 Å². The second-order valence-electron chi connectivity index (χ2n) is 47.0. The molecule has 0 atom stereocenters. The van der Waals surface area contributed by atoms with E-state index in [1.165, 1.54) is 132 Å². The van der Waals surface area contributed by atoms with E-state index < -0.39 is 18.4 Å². The van der Waals surface area contributed by atoms with Gasteiger partial charge in [0.05, 0.1) is 66.2 Å². The number of rotatable bonds is 14. The number of esters is 2. The Bertz CT molecular complexity index is 7650. The average Bonchev–Trinajstić information content (AvgIpc) is 1.55. The highest BCUT2D eigenvalue weighted by atomic mass is 32.1. The molecule has 0 fully saturated rings. The maximum absolute atomic E-state index is 13.7. The summed E-state index contributed by atoms with van der Waals surface area (Å²) in [4.78, 5) is 33.4. The number of ether oxygens (including phenoxy) is 2. The molecular formula is C125H122N6O4S4. The molecule has 0 N–H and O–H groups in total. The number of carbonyl (C=O) groups is 2. The third kappa shape index (κ3) is 15.9. The van der Waals surface area contributed by atoms with Crippen LogP contribution in [0.25, 0.3) is 183 Å². The van der Waals surface area contributed by atoms with Gasteiger partial charge in [-0.2, -0.15) is 0 Å². The zero-order valence-electron chi connectivity index (χ0n) is 84.5. The highest BCUT2D eigenvalue weighted by Gasteiger charge is 2.31. The molecule has 0 amide bonds. The fourth-order valence-corrected chi connectivity index (χ4v) is 24.9. The van der Waals surface area contributed by atoms with E-state index in [1.54, 1.807) is 45.3 Å².